The molecule has 1 heterocycles. The van der Waals surface area contributed by atoms with E-state index in [4.69, 9.17) is 10.5 Å². The van der Waals surface area contributed by atoms with E-state index in [0.717, 1.165) is 12.3 Å². The quantitative estimate of drug-likeness (QED) is 0.702. The lowest BCUT2D eigenvalue weighted by molar-refractivity contribution is -0.144. The summed E-state index contributed by atoms with van der Waals surface area (Å²) in [5.74, 6) is 0.654. The van der Waals surface area contributed by atoms with E-state index in [1.54, 1.807) is 0 Å². The number of nitrogens with two attached hydrogens (primary N) is 1. The maximum absolute atomic E-state index is 11.3. The van der Waals surface area contributed by atoms with E-state index in [2.05, 4.69) is 10.1 Å². The molecule has 1 aliphatic rings. The van der Waals surface area contributed by atoms with Crippen LogP contribution in [-0.2, 0) is 16.1 Å². The molecule has 0 spiro atoms. The van der Waals surface area contributed by atoms with Gasteiger partial charge in [-0.1, -0.05) is 12.8 Å². The van der Waals surface area contributed by atoms with E-state index in [1.165, 1.54) is 23.9 Å². The van der Waals surface area contributed by atoms with Crippen LogP contribution in [0.15, 0.2) is 6.33 Å². The lowest BCUT2D eigenvalue weighted by atomic mass is 10.3. The van der Waals surface area contributed by atoms with Gasteiger partial charge in [0.2, 0.25) is 5.95 Å². The van der Waals surface area contributed by atoms with E-state index >= 15 is 0 Å². The van der Waals surface area contributed by atoms with E-state index in [9.17, 15) is 4.79 Å². The Hall–Kier alpha value is -1.59. The molecule has 0 amide bonds. The average molecular weight is 210 g/mol. The van der Waals surface area contributed by atoms with Gasteiger partial charge in [-0.25, -0.2) is 9.67 Å². The van der Waals surface area contributed by atoms with Crippen LogP contribution in [0, 0.1) is 5.92 Å². The molecule has 15 heavy (non-hydrogen) atoms. The molecule has 0 unspecified atom stereocenters. The predicted molar refractivity (Wildman–Crippen MR) is 52.7 cm³/mol. The number of carbonyl (C=O) groups is 1. The van der Waals surface area contributed by atoms with Crippen molar-refractivity contribution in [2.75, 3.05) is 12.3 Å². The summed E-state index contributed by atoms with van der Waals surface area (Å²) >= 11 is 0. The van der Waals surface area contributed by atoms with Crippen LogP contribution < -0.4 is 5.73 Å². The smallest absolute Gasteiger partial charge is 0.327 e. The average Bonchev–Trinajstić information content (AvgIpc) is 2.91. The van der Waals surface area contributed by atoms with E-state index in [-0.39, 0.29) is 18.5 Å². The molecule has 0 atom stereocenters. The third kappa shape index (κ3) is 3.23. The molecule has 0 aromatic carbocycles. The number of esters is 1. The Morgan fingerprint density at radius 3 is 3.07 bits per heavy atom. The van der Waals surface area contributed by atoms with Gasteiger partial charge in [0.25, 0.3) is 0 Å². The van der Waals surface area contributed by atoms with Gasteiger partial charge >= 0.3 is 5.97 Å². The summed E-state index contributed by atoms with van der Waals surface area (Å²) < 4.78 is 6.41. The van der Waals surface area contributed by atoms with Crippen LogP contribution in [0.1, 0.15) is 19.3 Å². The Labute approximate surface area is 87.4 Å². The van der Waals surface area contributed by atoms with Crippen molar-refractivity contribution in [3.05, 3.63) is 6.33 Å². The number of hydrogen-bond acceptors (Lipinski definition) is 5. The standard InChI is InChI=1S/C9H14N4O2/c10-9-11-6-13(12-9)5-8(14)15-4-3-7-1-2-7/h6-7H,1-5H2,(H2,10,12). The first-order chi connectivity index (χ1) is 7.24. The SMILES string of the molecule is Nc1ncn(CC(=O)OCCC2CC2)n1. The molecule has 6 nitrogen and oxygen atoms in total. The van der Waals surface area contributed by atoms with Crippen molar-refractivity contribution in [2.45, 2.75) is 25.8 Å². The molecule has 6 heteroatoms. The Morgan fingerprint density at radius 1 is 1.67 bits per heavy atom. The molecule has 1 aliphatic carbocycles. The summed E-state index contributed by atoms with van der Waals surface area (Å²) in [5, 5.41) is 3.79. The number of aromatic nitrogens is 3. The number of ether oxygens (including phenoxy) is 1. The molecule has 0 aliphatic heterocycles. The zero-order valence-corrected chi connectivity index (χ0v) is 8.43. The van der Waals surface area contributed by atoms with E-state index < -0.39 is 0 Å². The van der Waals surface area contributed by atoms with Gasteiger partial charge in [-0.05, 0) is 12.3 Å². The minimum Gasteiger partial charge on any atom is -0.464 e. The summed E-state index contributed by atoms with van der Waals surface area (Å²) in [5.41, 5.74) is 5.31. The first-order valence-corrected chi connectivity index (χ1v) is 5.04. The minimum absolute atomic E-state index is 0.0782. The van der Waals surface area contributed by atoms with Gasteiger partial charge < -0.3 is 10.5 Å². The zero-order chi connectivity index (χ0) is 10.7. The van der Waals surface area contributed by atoms with Gasteiger partial charge in [-0.15, -0.1) is 5.10 Å². The van der Waals surface area contributed by atoms with Crippen molar-refractivity contribution in [2.24, 2.45) is 5.92 Å². The van der Waals surface area contributed by atoms with Crippen LogP contribution in [0.4, 0.5) is 5.95 Å². The van der Waals surface area contributed by atoms with Crippen molar-refractivity contribution in [1.82, 2.24) is 14.8 Å². The molecule has 0 radical (unpaired) electrons. The second kappa shape index (κ2) is 4.29. The van der Waals surface area contributed by atoms with Crippen LogP contribution in [0.25, 0.3) is 0 Å². The Balaban J connectivity index is 1.67. The van der Waals surface area contributed by atoms with Gasteiger partial charge in [-0.2, -0.15) is 0 Å². The highest BCUT2D eigenvalue weighted by atomic mass is 16.5. The van der Waals surface area contributed by atoms with Gasteiger partial charge in [0.05, 0.1) is 6.61 Å². The Morgan fingerprint density at radius 2 is 2.47 bits per heavy atom. The second-order valence-corrected chi connectivity index (χ2v) is 3.75. The van der Waals surface area contributed by atoms with E-state index in [1.807, 2.05) is 0 Å². The van der Waals surface area contributed by atoms with Crippen molar-refractivity contribution in [1.29, 1.82) is 0 Å². The highest BCUT2D eigenvalue weighted by Crippen LogP contribution is 2.32. The molecular formula is C9H14N4O2. The van der Waals surface area contributed by atoms with Crippen molar-refractivity contribution >= 4 is 11.9 Å². The summed E-state index contributed by atoms with van der Waals surface area (Å²) in [7, 11) is 0. The highest BCUT2D eigenvalue weighted by Gasteiger charge is 2.21. The normalized spacial score (nSPS) is 15.2. The third-order valence-electron chi connectivity index (χ3n) is 2.33. The number of anilines is 1. The largest absolute Gasteiger partial charge is 0.464 e. The fraction of sp³-hybridized carbons (Fsp3) is 0.667. The molecule has 1 saturated carbocycles. The van der Waals surface area contributed by atoms with Crippen LogP contribution in [0.2, 0.25) is 0 Å². The molecule has 2 N–H and O–H groups in total. The van der Waals surface area contributed by atoms with E-state index in [0.29, 0.717) is 6.61 Å². The molecule has 1 aromatic heterocycles. The fourth-order valence-corrected chi connectivity index (χ4v) is 1.31. The van der Waals surface area contributed by atoms with Crippen molar-refractivity contribution < 1.29 is 9.53 Å². The van der Waals surface area contributed by atoms with Gasteiger partial charge in [0.1, 0.15) is 12.9 Å². The molecular weight excluding hydrogens is 196 g/mol. The Bertz CT molecular complexity index is 346. The topological polar surface area (TPSA) is 83.0 Å². The highest BCUT2D eigenvalue weighted by molar-refractivity contribution is 5.68. The summed E-state index contributed by atoms with van der Waals surface area (Å²) in [6.45, 7) is 0.586. The second-order valence-electron chi connectivity index (χ2n) is 3.75. The maximum atomic E-state index is 11.3. The van der Waals surface area contributed by atoms with Gasteiger partial charge in [-0.3, -0.25) is 4.79 Å². The van der Waals surface area contributed by atoms with Crippen LogP contribution >= 0.6 is 0 Å². The number of nitrogen functional groups attached to an aromatic ring is 1. The van der Waals surface area contributed by atoms with Crippen LogP contribution in [0.3, 0.4) is 0 Å². The number of nitrogens with zero attached hydrogens (tertiary/aromatic N) is 3. The molecule has 0 bridgehead atoms. The third-order valence-corrected chi connectivity index (χ3v) is 2.33. The monoisotopic (exact) mass is 210 g/mol. The Kier molecular flexibility index (Phi) is 2.84. The molecule has 82 valence electrons. The number of carbonyl (C=O) groups excluding carboxylic acids is 1. The first kappa shape index (κ1) is 9.95. The lowest BCUT2D eigenvalue weighted by Crippen LogP contribution is -2.15. The predicted octanol–water partition coefficient (Wildman–Crippen LogP) is 0.204. The fourth-order valence-electron chi connectivity index (χ4n) is 1.31. The van der Waals surface area contributed by atoms with Crippen molar-refractivity contribution in [3.63, 3.8) is 0 Å². The first-order valence-electron chi connectivity index (χ1n) is 5.04. The molecule has 1 aromatic rings. The molecule has 2 rings (SSSR count). The summed E-state index contributed by atoms with van der Waals surface area (Å²) in [4.78, 5) is 15.0. The minimum atomic E-state index is -0.291. The van der Waals surface area contributed by atoms with Gasteiger partial charge in [0.15, 0.2) is 0 Å². The zero-order valence-electron chi connectivity index (χ0n) is 8.43. The van der Waals surface area contributed by atoms with Crippen molar-refractivity contribution in [3.8, 4) is 0 Å². The lowest BCUT2D eigenvalue weighted by Gasteiger charge is -2.03. The number of rotatable bonds is 5. The number of hydrogen-bond donors (Lipinski definition) is 1. The van der Waals surface area contributed by atoms with Crippen LogP contribution in [-0.4, -0.2) is 27.3 Å². The summed E-state index contributed by atoms with van der Waals surface area (Å²) in [6, 6.07) is 0. The van der Waals surface area contributed by atoms with Crippen LogP contribution in [0.5, 0.6) is 0 Å². The summed E-state index contributed by atoms with van der Waals surface area (Å²) in [6.07, 6.45) is 4.94. The molecule has 1 fully saturated rings. The van der Waals surface area contributed by atoms with Gasteiger partial charge in [0, 0.05) is 0 Å². The molecule has 0 saturated heterocycles. The maximum Gasteiger partial charge on any atom is 0.327 e.